The van der Waals surface area contributed by atoms with Crippen molar-refractivity contribution in [2.75, 3.05) is 0 Å². The number of hydrogen-bond donors (Lipinski definition) is 2. The number of aliphatic hydroxyl groups excluding tert-OH is 1. The van der Waals surface area contributed by atoms with Crippen LogP contribution in [0.5, 0.6) is 5.75 Å². The molecule has 0 saturated heterocycles. The molecule has 22 heavy (non-hydrogen) atoms. The maximum atomic E-state index is 13.3. The van der Waals surface area contributed by atoms with Gasteiger partial charge in [-0.2, -0.15) is 5.10 Å². The summed E-state index contributed by atoms with van der Waals surface area (Å²) < 4.78 is 13.3. The predicted octanol–water partition coefficient (Wildman–Crippen LogP) is 3.55. The highest BCUT2D eigenvalue weighted by molar-refractivity contribution is 5.60. The topological polar surface area (TPSA) is 66.2 Å². The van der Waals surface area contributed by atoms with Crippen LogP contribution in [0.15, 0.2) is 36.4 Å². The van der Waals surface area contributed by atoms with Crippen molar-refractivity contribution in [3.05, 3.63) is 47.9 Å². The average Bonchev–Trinajstić information content (AvgIpc) is 2.50. The van der Waals surface area contributed by atoms with Gasteiger partial charge in [0.15, 0.2) is 11.6 Å². The molecule has 2 rings (SSSR count). The molecule has 116 valence electrons. The van der Waals surface area contributed by atoms with E-state index in [4.69, 9.17) is 5.11 Å². The van der Waals surface area contributed by atoms with Crippen molar-refractivity contribution in [1.82, 2.24) is 10.2 Å². The summed E-state index contributed by atoms with van der Waals surface area (Å²) in [6.07, 6.45) is 6.17. The third-order valence-corrected chi connectivity index (χ3v) is 3.21. The number of phenols is 1. The van der Waals surface area contributed by atoms with Gasteiger partial charge in [0.2, 0.25) is 0 Å². The Morgan fingerprint density at radius 3 is 2.68 bits per heavy atom. The smallest absolute Gasteiger partial charge is 0.165 e. The Morgan fingerprint density at radius 1 is 1.23 bits per heavy atom. The zero-order valence-corrected chi connectivity index (χ0v) is 12.4. The number of allylic oxidation sites excluding steroid dienone is 1. The normalized spacial score (nSPS) is 12.7. The van der Waals surface area contributed by atoms with E-state index in [-0.39, 0.29) is 11.9 Å². The van der Waals surface area contributed by atoms with E-state index in [0.717, 1.165) is 25.0 Å². The fraction of sp³-hybridized carbons (Fsp3) is 0.294. The molecule has 0 bridgehead atoms. The molecule has 1 heterocycles. The molecule has 0 aliphatic heterocycles. The Hall–Kier alpha value is -2.27. The van der Waals surface area contributed by atoms with Crippen molar-refractivity contribution < 1.29 is 14.6 Å². The molecule has 0 spiro atoms. The highest BCUT2D eigenvalue weighted by Crippen LogP contribution is 2.23. The van der Waals surface area contributed by atoms with E-state index in [1.807, 2.05) is 12.2 Å². The summed E-state index contributed by atoms with van der Waals surface area (Å²) in [6.45, 7) is 1.78. The second-order valence-electron chi connectivity index (χ2n) is 5.19. The molecule has 5 heteroatoms. The Balaban J connectivity index is 1.98. The van der Waals surface area contributed by atoms with Gasteiger partial charge in [0.1, 0.15) is 0 Å². The van der Waals surface area contributed by atoms with E-state index in [2.05, 4.69) is 10.2 Å². The van der Waals surface area contributed by atoms with Crippen LogP contribution in [-0.2, 0) is 0 Å². The monoisotopic (exact) mass is 302 g/mol. The number of halogens is 1. The van der Waals surface area contributed by atoms with Gasteiger partial charge in [-0.25, -0.2) is 4.39 Å². The number of benzene rings is 1. The zero-order valence-electron chi connectivity index (χ0n) is 12.4. The number of rotatable bonds is 6. The molecule has 0 radical (unpaired) electrons. The zero-order chi connectivity index (χ0) is 15.9. The quantitative estimate of drug-likeness (QED) is 0.801. The molecule has 0 aliphatic rings. The van der Waals surface area contributed by atoms with E-state index >= 15 is 0 Å². The van der Waals surface area contributed by atoms with Crippen molar-refractivity contribution in [3.63, 3.8) is 0 Å². The molecule has 2 aromatic rings. The van der Waals surface area contributed by atoms with Gasteiger partial charge < -0.3 is 10.2 Å². The van der Waals surface area contributed by atoms with Crippen LogP contribution in [0.2, 0.25) is 0 Å². The average molecular weight is 302 g/mol. The van der Waals surface area contributed by atoms with Gasteiger partial charge in [-0.05, 0) is 62.6 Å². The van der Waals surface area contributed by atoms with Crippen LogP contribution in [-0.4, -0.2) is 26.5 Å². The maximum Gasteiger partial charge on any atom is 0.165 e. The summed E-state index contributed by atoms with van der Waals surface area (Å²) in [5, 5.41) is 26.5. The second-order valence-corrected chi connectivity index (χ2v) is 5.19. The Kier molecular flexibility index (Phi) is 5.61. The van der Waals surface area contributed by atoms with Gasteiger partial charge in [0.25, 0.3) is 0 Å². The summed E-state index contributed by atoms with van der Waals surface area (Å²) >= 11 is 0. The number of phenolic OH excluding ortho intramolecular Hbond substituents is 1. The molecule has 0 saturated carbocycles. The van der Waals surface area contributed by atoms with E-state index in [9.17, 15) is 9.50 Å². The van der Waals surface area contributed by atoms with Gasteiger partial charge in [0.05, 0.1) is 17.5 Å². The largest absolute Gasteiger partial charge is 0.505 e. The van der Waals surface area contributed by atoms with Crippen molar-refractivity contribution in [2.24, 2.45) is 0 Å². The van der Waals surface area contributed by atoms with Crippen LogP contribution in [0.3, 0.4) is 0 Å². The van der Waals surface area contributed by atoms with Gasteiger partial charge in [-0.1, -0.05) is 6.08 Å². The molecule has 1 unspecified atom stereocenters. The minimum absolute atomic E-state index is 0.266. The Labute approximate surface area is 129 Å². The minimum Gasteiger partial charge on any atom is -0.505 e. The molecule has 0 aliphatic carbocycles. The fourth-order valence-corrected chi connectivity index (χ4v) is 1.99. The fourth-order valence-electron chi connectivity index (χ4n) is 1.99. The predicted molar refractivity (Wildman–Crippen MR) is 83.7 cm³/mol. The summed E-state index contributed by atoms with van der Waals surface area (Å²) in [6, 6.07) is 7.67. The molecule has 2 N–H and O–H groups in total. The van der Waals surface area contributed by atoms with Crippen LogP contribution in [0.1, 0.15) is 31.9 Å². The minimum atomic E-state index is -0.679. The van der Waals surface area contributed by atoms with Gasteiger partial charge in [0, 0.05) is 5.56 Å². The lowest BCUT2D eigenvalue weighted by Gasteiger charge is -2.02. The maximum absolute atomic E-state index is 13.3. The molecule has 0 fully saturated rings. The SMILES string of the molecule is CC(O)CCC/C=C/c1ccc(-c2ccc(O)c(F)c2)nn1. The van der Waals surface area contributed by atoms with Gasteiger partial charge in [-0.15, -0.1) is 5.10 Å². The molecule has 1 aromatic heterocycles. The molecule has 0 amide bonds. The lowest BCUT2D eigenvalue weighted by molar-refractivity contribution is 0.182. The van der Waals surface area contributed by atoms with Crippen LogP contribution < -0.4 is 0 Å². The van der Waals surface area contributed by atoms with Gasteiger partial charge >= 0.3 is 0 Å². The second kappa shape index (κ2) is 7.66. The summed E-state index contributed by atoms with van der Waals surface area (Å²) in [7, 11) is 0. The Bertz CT molecular complexity index is 640. The van der Waals surface area contributed by atoms with E-state index < -0.39 is 5.82 Å². The summed E-state index contributed by atoms with van der Waals surface area (Å²) in [5.41, 5.74) is 1.83. The molecule has 4 nitrogen and oxygen atoms in total. The van der Waals surface area contributed by atoms with Crippen molar-refractivity contribution >= 4 is 6.08 Å². The van der Waals surface area contributed by atoms with Crippen molar-refractivity contribution in [2.45, 2.75) is 32.3 Å². The first-order chi connectivity index (χ1) is 10.6. The molecular weight excluding hydrogens is 283 g/mol. The lowest BCUT2D eigenvalue weighted by Crippen LogP contribution is -1.97. The van der Waals surface area contributed by atoms with E-state index in [1.54, 1.807) is 25.1 Å². The highest BCUT2D eigenvalue weighted by atomic mass is 19.1. The first-order valence-electron chi connectivity index (χ1n) is 7.23. The summed E-state index contributed by atoms with van der Waals surface area (Å²) in [5.74, 6) is -1.06. The van der Waals surface area contributed by atoms with Gasteiger partial charge in [-0.3, -0.25) is 0 Å². The first-order valence-corrected chi connectivity index (χ1v) is 7.23. The van der Waals surface area contributed by atoms with Crippen molar-refractivity contribution in [3.8, 4) is 17.0 Å². The van der Waals surface area contributed by atoms with Crippen LogP contribution in [0.4, 0.5) is 4.39 Å². The Morgan fingerprint density at radius 2 is 2.05 bits per heavy atom. The molecule has 1 aromatic carbocycles. The number of aliphatic hydroxyl groups is 1. The summed E-state index contributed by atoms with van der Waals surface area (Å²) in [4.78, 5) is 0. The number of aromatic nitrogens is 2. The third-order valence-electron chi connectivity index (χ3n) is 3.21. The number of aromatic hydroxyl groups is 1. The highest BCUT2D eigenvalue weighted by Gasteiger charge is 2.05. The molecule has 1 atom stereocenters. The number of unbranched alkanes of at least 4 members (excludes halogenated alkanes) is 1. The first kappa shape index (κ1) is 16.1. The van der Waals surface area contributed by atoms with E-state index in [0.29, 0.717) is 11.3 Å². The number of nitrogens with zero attached hydrogens (tertiary/aromatic N) is 2. The lowest BCUT2D eigenvalue weighted by atomic mass is 10.1. The third kappa shape index (κ3) is 4.63. The van der Waals surface area contributed by atoms with Crippen LogP contribution in [0, 0.1) is 5.82 Å². The standard InChI is InChI=1S/C17H19FN2O2/c1-12(21)5-3-2-4-6-14-8-9-16(20-19-14)13-7-10-17(22)15(18)11-13/h4,6-12,21-22H,2-3,5H2,1H3/b6-4+. The van der Waals surface area contributed by atoms with Crippen LogP contribution >= 0.6 is 0 Å². The number of hydrogen-bond acceptors (Lipinski definition) is 4. The van der Waals surface area contributed by atoms with Crippen molar-refractivity contribution in [1.29, 1.82) is 0 Å². The molecular formula is C17H19FN2O2. The van der Waals surface area contributed by atoms with E-state index in [1.165, 1.54) is 12.1 Å². The van der Waals surface area contributed by atoms with Crippen LogP contribution in [0.25, 0.3) is 17.3 Å².